The lowest BCUT2D eigenvalue weighted by Gasteiger charge is -2.14. The summed E-state index contributed by atoms with van der Waals surface area (Å²) in [6.07, 6.45) is 4.22. The third-order valence-electron chi connectivity index (χ3n) is 3.79. The Balaban J connectivity index is 1.71. The molecule has 0 fully saturated rings. The van der Waals surface area contributed by atoms with Crippen LogP contribution in [0.4, 0.5) is 5.69 Å². The number of anilines is 1. The van der Waals surface area contributed by atoms with E-state index in [1.165, 1.54) is 0 Å². The van der Waals surface area contributed by atoms with Gasteiger partial charge in [-0.15, -0.1) is 0 Å². The Hall–Kier alpha value is -2.69. The summed E-state index contributed by atoms with van der Waals surface area (Å²) in [7, 11) is 0. The van der Waals surface area contributed by atoms with Gasteiger partial charge >= 0.3 is 0 Å². The normalized spacial score (nSPS) is 12.9. The molecule has 2 heterocycles. The van der Waals surface area contributed by atoms with Gasteiger partial charge in [0.15, 0.2) is 0 Å². The van der Waals surface area contributed by atoms with E-state index in [0.29, 0.717) is 18.7 Å². The third kappa shape index (κ3) is 2.83. The van der Waals surface area contributed by atoms with Crippen molar-refractivity contribution >= 4 is 17.5 Å². The van der Waals surface area contributed by atoms with Gasteiger partial charge in [-0.3, -0.25) is 14.6 Å². The molecule has 1 aliphatic heterocycles. The number of rotatable bonds is 3. The molecule has 1 aromatic carbocycles. The van der Waals surface area contributed by atoms with Crippen molar-refractivity contribution in [3.8, 4) is 0 Å². The molecule has 0 spiro atoms. The van der Waals surface area contributed by atoms with Crippen molar-refractivity contribution in [2.45, 2.75) is 19.9 Å². The highest BCUT2D eigenvalue weighted by atomic mass is 16.2. The molecule has 0 bridgehead atoms. The average Bonchev–Trinajstić information content (AvgIpc) is 2.97. The SMILES string of the molecule is CC(=O)N1CCc2cc(C(=O)NCc3cccnc3)ccc21. The predicted octanol–water partition coefficient (Wildman–Crippen LogP) is 1.92. The van der Waals surface area contributed by atoms with Gasteiger partial charge in [-0.2, -0.15) is 0 Å². The van der Waals surface area contributed by atoms with E-state index in [4.69, 9.17) is 0 Å². The maximum absolute atomic E-state index is 12.2. The number of hydrogen-bond donors (Lipinski definition) is 1. The number of carbonyl (C=O) groups is 2. The minimum atomic E-state index is -0.118. The van der Waals surface area contributed by atoms with Crippen LogP contribution in [0.2, 0.25) is 0 Å². The van der Waals surface area contributed by atoms with E-state index in [2.05, 4.69) is 10.3 Å². The molecule has 5 nitrogen and oxygen atoms in total. The fraction of sp³-hybridized carbons (Fsp3) is 0.235. The first kappa shape index (κ1) is 14.3. The van der Waals surface area contributed by atoms with E-state index >= 15 is 0 Å². The monoisotopic (exact) mass is 295 g/mol. The number of pyridine rings is 1. The highest BCUT2D eigenvalue weighted by Gasteiger charge is 2.22. The molecule has 0 atom stereocenters. The summed E-state index contributed by atoms with van der Waals surface area (Å²) < 4.78 is 0. The number of benzene rings is 1. The van der Waals surface area contributed by atoms with Gasteiger partial charge in [0.1, 0.15) is 0 Å². The summed E-state index contributed by atoms with van der Waals surface area (Å²) in [5, 5.41) is 2.88. The van der Waals surface area contributed by atoms with E-state index in [9.17, 15) is 9.59 Å². The van der Waals surface area contributed by atoms with Gasteiger partial charge in [-0.05, 0) is 41.8 Å². The molecule has 0 saturated heterocycles. The van der Waals surface area contributed by atoms with Crippen LogP contribution in [0.25, 0.3) is 0 Å². The van der Waals surface area contributed by atoms with Crippen LogP contribution < -0.4 is 10.2 Å². The van der Waals surface area contributed by atoms with E-state index in [1.54, 1.807) is 30.3 Å². The molecular formula is C17H17N3O2. The van der Waals surface area contributed by atoms with Gasteiger partial charge in [0.25, 0.3) is 5.91 Å². The average molecular weight is 295 g/mol. The van der Waals surface area contributed by atoms with Gasteiger partial charge in [0.05, 0.1) is 0 Å². The predicted molar refractivity (Wildman–Crippen MR) is 83.6 cm³/mol. The Morgan fingerprint density at radius 1 is 1.32 bits per heavy atom. The van der Waals surface area contributed by atoms with Crippen molar-refractivity contribution in [1.82, 2.24) is 10.3 Å². The minimum Gasteiger partial charge on any atom is -0.348 e. The number of amides is 2. The van der Waals surface area contributed by atoms with Crippen molar-refractivity contribution in [3.63, 3.8) is 0 Å². The summed E-state index contributed by atoms with van der Waals surface area (Å²) in [6, 6.07) is 9.24. The molecule has 112 valence electrons. The first-order chi connectivity index (χ1) is 10.6. The first-order valence-electron chi connectivity index (χ1n) is 7.23. The van der Waals surface area contributed by atoms with Gasteiger partial charge in [0, 0.05) is 43.7 Å². The van der Waals surface area contributed by atoms with Crippen LogP contribution in [0.1, 0.15) is 28.4 Å². The Morgan fingerprint density at radius 2 is 2.18 bits per heavy atom. The van der Waals surface area contributed by atoms with Crippen molar-refractivity contribution in [3.05, 3.63) is 59.4 Å². The lowest BCUT2D eigenvalue weighted by Crippen LogP contribution is -2.26. The second-order valence-corrected chi connectivity index (χ2v) is 5.31. The third-order valence-corrected chi connectivity index (χ3v) is 3.79. The largest absolute Gasteiger partial charge is 0.348 e. The Labute approximate surface area is 129 Å². The fourth-order valence-corrected chi connectivity index (χ4v) is 2.66. The van der Waals surface area contributed by atoms with Crippen LogP contribution in [-0.2, 0) is 17.8 Å². The lowest BCUT2D eigenvalue weighted by molar-refractivity contribution is -0.116. The zero-order valence-electron chi connectivity index (χ0n) is 12.4. The lowest BCUT2D eigenvalue weighted by atomic mass is 10.1. The summed E-state index contributed by atoms with van der Waals surface area (Å²) in [4.78, 5) is 29.5. The van der Waals surface area contributed by atoms with E-state index in [1.807, 2.05) is 24.3 Å². The van der Waals surface area contributed by atoms with Gasteiger partial charge in [0.2, 0.25) is 5.91 Å². The minimum absolute atomic E-state index is 0.0347. The number of fused-ring (bicyclic) bond motifs is 1. The van der Waals surface area contributed by atoms with Gasteiger partial charge < -0.3 is 10.2 Å². The van der Waals surface area contributed by atoms with E-state index in [0.717, 1.165) is 23.2 Å². The molecule has 0 saturated carbocycles. The van der Waals surface area contributed by atoms with E-state index in [-0.39, 0.29) is 11.8 Å². The number of nitrogens with one attached hydrogen (secondary N) is 1. The summed E-state index contributed by atoms with van der Waals surface area (Å²) >= 11 is 0. The summed E-state index contributed by atoms with van der Waals surface area (Å²) in [5.41, 5.74) is 3.54. The van der Waals surface area contributed by atoms with Crippen molar-refractivity contribution < 1.29 is 9.59 Å². The van der Waals surface area contributed by atoms with Crippen LogP contribution in [0.3, 0.4) is 0 Å². The van der Waals surface area contributed by atoms with Crippen molar-refractivity contribution in [1.29, 1.82) is 0 Å². The number of carbonyl (C=O) groups excluding carboxylic acids is 2. The zero-order chi connectivity index (χ0) is 15.5. The Morgan fingerprint density at radius 3 is 2.91 bits per heavy atom. The Bertz CT molecular complexity index is 713. The molecule has 0 aliphatic carbocycles. The standard InChI is InChI=1S/C17H17N3O2/c1-12(21)20-8-6-14-9-15(4-5-16(14)20)17(22)19-11-13-3-2-7-18-10-13/h2-5,7,9-10H,6,8,11H2,1H3,(H,19,22). The second kappa shape index (κ2) is 5.97. The van der Waals surface area contributed by atoms with Crippen LogP contribution >= 0.6 is 0 Å². The quantitative estimate of drug-likeness (QED) is 0.941. The molecule has 2 aromatic rings. The molecule has 22 heavy (non-hydrogen) atoms. The van der Waals surface area contributed by atoms with Crippen LogP contribution in [0, 0.1) is 0 Å². The molecule has 3 rings (SSSR count). The summed E-state index contributed by atoms with van der Waals surface area (Å²) in [6.45, 7) is 2.69. The van der Waals surface area contributed by atoms with Crippen molar-refractivity contribution in [2.24, 2.45) is 0 Å². The maximum atomic E-state index is 12.2. The van der Waals surface area contributed by atoms with E-state index < -0.39 is 0 Å². The highest BCUT2D eigenvalue weighted by Crippen LogP contribution is 2.28. The fourth-order valence-electron chi connectivity index (χ4n) is 2.66. The number of nitrogens with zero attached hydrogens (tertiary/aromatic N) is 2. The topological polar surface area (TPSA) is 62.3 Å². The molecule has 1 N–H and O–H groups in total. The van der Waals surface area contributed by atoms with Crippen molar-refractivity contribution in [2.75, 3.05) is 11.4 Å². The van der Waals surface area contributed by atoms with Gasteiger partial charge in [-0.1, -0.05) is 6.07 Å². The zero-order valence-corrected chi connectivity index (χ0v) is 12.4. The molecular weight excluding hydrogens is 278 g/mol. The van der Waals surface area contributed by atoms with Crippen LogP contribution in [0.5, 0.6) is 0 Å². The Kier molecular flexibility index (Phi) is 3.87. The first-order valence-corrected chi connectivity index (χ1v) is 7.23. The number of aromatic nitrogens is 1. The molecule has 1 aliphatic rings. The highest BCUT2D eigenvalue weighted by molar-refractivity contribution is 5.97. The second-order valence-electron chi connectivity index (χ2n) is 5.31. The molecule has 0 unspecified atom stereocenters. The van der Waals surface area contributed by atoms with Gasteiger partial charge in [-0.25, -0.2) is 0 Å². The number of hydrogen-bond acceptors (Lipinski definition) is 3. The molecule has 0 radical (unpaired) electrons. The summed E-state index contributed by atoms with van der Waals surface area (Å²) in [5.74, 6) is -0.0829. The molecule has 5 heteroatoms. The molecule has 2 amide bonds. The smallest absolute Gasteiger partial charge is 0.251 e. The molecule has 1 aromatic heterocycles. The van der Waals surface area contributed by atoms with Crippen LogP contribution in [0.15, 0.2) is 42.7 Å². The van der Waals surface area contributed by atoms with Crippen LogP contribution in [-0.4, -0.2) is 23.3 Å². The maximum Gasteiger partial charge on any atom is 0.251 e.